The van der Waals surface area contributed by atoms with Crippen molar-refractivity contribution in [3.05, 3.63) is 29.8 Å². The second-order valence-electron chi connectivity index (χ2n) is 5.71. The van der Waals surface area contributed by atoms with Crippen molar-refractivity contribution in [1.82, 2.24) is 4.90 Å². The number of nitrogens with two attached hydrogens (primary N) is 2. The van der Waals surface area contributed by atoms with Crippen molar-refractivity contribution in [1.29, 1.82) is 0 Å². The summed E-state index contributed by atoms with van der Waals surface area (Å²) in [4.78, 5) is 25.0. The number of piperidine rings is 1. The summed E-state index contributed by atoms with van der Waals surface area (Å²) in [6.45, 7) is 3.05. The number of amides is 2. The van der Waals surface area contributed by atoms with Crippen LogP contribution in [0.3, 0.4) is 0 Å². The van der Waals surface area contributed by atoms with E-state index in [0.717, 1.165) is 12.8 Å². The van der Waals surface area contributed by atoms with Gasteiger partial charge in [0.15, 0.2) is 0 Å². The Balaban J connectivity index is 1.78. The molecule has 4 N–H and O–H groups in total. The van der Waals surface area contributed by atoms with E-state index in [2.05, 4.69) is 0 Å². The van der Waals surface area contributed by atoms with Crippen LogP contribution in [0, 0.1) is 0 Å². The molecule has 1 saturated heterocycles. The molecule has 2 rings (SSSR count). The van der Waals surface area contributed by atoms with Crippen molar-refractivity contribution in [3.8, 4) is 5.75 Å². The lowest BCUT2D eigenvalue weighted by molar-refractivity contribution is -0.135. The molecule has 0 saturated carbocycles. The molecule has 0 aromatic heterocycles. The molecule has 0 radical (unpaired) electrons. The van der Waals surface area contributed by atoms with Gasteiger partial charge in [-0.05, 0) is 44.0 Å². The SMILES string of the molecule is C[C@@H]1C[C@H](N)CCN1C(=O)CCOc1ccc(C(N)=O)cc1. The standard InChI is InChI=1S/C16H23N3O3/c1-11-10-13(17)6-8-19(11)15(20)7-9-22-14-4-2-12(3-5-14)16(18)21/h2-5,11,13H,6-10,17H2,1H3,(H2,18,21)/t11-,13-/m1/s1. The molecule has 0 unspecified atom stereocenters. The van der Waals surface area contributed by atoms with Crippen LogP contribution in [0.15, 0.2) is 24.3 Å². The van der Waals surface area contributed by atoms with Gasteiger partial charge in [0.25, 0.3) is 0 Å². The summed E-state index contributed by atoms with van der Waals surface area (Å²) in [6.07, 6.45) is 2.03. The van der Waals surface area contributed by atoms with Crippen LogP contribution < -0.4 is 16.2 Å². The molecular weight excluding hydrogens is 282 g/mol. The van der Waals surface area contributed by atoms with E-state index in [-0.39, 0.29) is 18.0 Å². The Morgan fingerprint density at radius 3 is 2.59 bits per heavy atom. The average Bonchev–Trinajstić information content (AvgIpc) is 2.47. The Labute approximate surface area is 130 Å². The average molecular weight is 305 g/mol. The highest BCUT2D eigenvalue weighted by molar-refractivity contribution is 5.92. The smallest absolute Gasteiger partial charge is 0.248 e. The number of hydrogen-bond donors (Lipinski definition) is 2. The molecule has 1 aliphatic heterocycles. The zero-order chi connectivity index (χ0) is 16.1. The van der Waals surface area contributed by atoms with Gasteiger partial charge in [-0.25, -0.2) is 0 Å². The highest BCUT2D eigenvalue weighted by atomic mass is 16.5. The van der Waals surface area contributed by atoms with E-state index in [0.29, 0.717) is 30.9 Å². The van der Waals surface area contributed by atoms with Gasteiger partial charge in [0, 0.05) is 24.2 Å². The van der Waals surface area contributed by atoms with Gasteiger partial charge in [-0.15, -0.1) is 0 Å². The first kappa shape index (κ1) is 16.3. The molecule has 0 spiro atoms. The molecule has 120 valence electrons. The van der Waals surface area contributed by atoms with E-state index in [1.807, 2.05) is 11.8 Å². The molecule has 0 aliphatic carbocycles. The monoisotopic (exact) mass is 305 g/mol. The van der Waals surface area contributed by atoms with Gasteiger partial charge in [-0.2, -0.15) is 0 Å². The predicted molar refractivity (Wildman–Crippen MR) is 83.5 cm³/mol. The molecule has 22 heavy (non-hydrogen) atoms. The van der Waals surface area contributed by atoms with Crippen LogP contribution in [0.1, 0.15) is 36.5 Å². The fraction of sp³-hybridized carbons (Fsp3) is 0.500. The summed E-state index contributed by atoms with van der Waals surface area (Å²) in [6, 6.07) is 6.94. The predicted octanol–water partition coefficient (Wildman–Crippen LogP) is 0.893. The minimum Gasteiger partial charge on any atom is -0.493 e. The van der Waals surface area contributed by atoms with Gasteiger partial charge in [0.05, 0.1) is 13.0 Å². The van der Waals surface area contributed by atoms with Gasteiger partial charge >= 0.3 is 0 Å². The number of rotatable bonds is 5. The van der Waals surface area contributed by atoms with Gasteiger partial charge in [0.2, 0.25) is 11.8 Å². The van der Waals surface area contributed by atoms with Crippen LogP contribution in [0.2, 0.25) is 0 Å². The molecule has 1 fully saturated rings. The fourth-order valence-corrected chi connectivity index (χ4v) is 2.69. The van der Waals surface area contributed by atoms with Crippen molar-refractivity contribution in [2.75, 3.05) is 13.2 Å². The molecule has 1 heterocycles. The molecule has 1 aromatic rings. The number of hydrogen-bond acceptors (Lipinski definition) is 4. The van der Waals surface area contributed by atoms with Crippen molar-refractivity contribution in [2.45, 2.75) is 38.3 Å². The van der Waals surface area contributed by atoms with Gasteiger partial charge in [-0.1, -0.05) is 0 Å². The Kier molecular flexibility index (Phi) is 5.38. The molecular formula is C16H23N3O3. The third-order valence-corrected chi connectivity index (χ3v) is 3.96. The first-order valence-corrected chi connectivity index (χ1v) is 7.55. The number of nitrogens with zero attached hydrogens (tertiary/aromatic N) is 1. The molecule has 6 heteroatoms. The summed E-state index contributed by atoms with van der Waals surface area (Å²) >= 11 is 0. The van der Waals surface area contributed by atoms with Crippen LogP contribution in [0.25, 0.3) is 0 Å². The molecule has 1 aliphatic rings. The number of likely N-dealkylation sites (tertiary alicyclic amines) is 1. The van der Waals surface area contributed by atoms with E-state index in [1.165, 1.54) is 0 Å². The van der Waals surface area contributed by atoms with Crippen molar-refractivity contribution in [3.63, 3.8) is 0 Å². The van der Waals surface area contributed by atoms with Gasteiger partial charge in [-0.3, -0.25) is 9.59 Å². The second-order valence-corrected chi connectivity index (χ2v) is 5.71. The highest BCUT2D eigenvalue weighted by Crippen LogP contribution is 2.17. The molecule has 0 bridgehead atoms. The summed E-state index contributed by atoms with van der Waals surface area (Å²) in [7, 11) is 0. The minimum absolute atomic E-state index is 0.0909. The minimum atomic E-state index is -0.473. The van der Waals surface area contributed by atoms with E-state index in [1.54, 1.807) is 24.3 Å². The van der Waals surface area contributed by atoms with Crippen molar-refractivity contribution in [2.24, 2.45) is 11.5 Å². The Hall–Kier alpha value is -2.08. The third-order valence-electron chi connectivity index (χ3n) is 3.96. The number of carbonyl (C=O) groups is 2. The lowest BCUT2D eigenvalue weighted by atomic mass is 9.99. The lowest BCUT2D eigenvalue weighted by Gasteiger charge is -2.36. The zero-order valence-corrected chi connectivity index (χ0v) is 12.8. The maximum Gasteiger partial charge on any atom is 0.248 e. The first-order valence-electron chi connectivity index (χ1n) is 7.55. The molecule has 6 nitrogen and oxygen atoms in total. The van der Waals surface area contributed by atoms with Crippen LogP contribution >= 0.6 is 0 Å². The number of benzene rings is 1. The summed E-state index contributed by atoms with van der Waals surface area (Å²) < 4.78 is 5.53. The number of primary amides is 1. The fourth-order valence-electron chi connectivity index (χ4n) is 2.69. The summed E-state index contributed by atoms with van der Waals surface area (Å²) in [5.41, 5.74) is 11.5. The summed E-state index contributed by atoms with van der Waals surface area (Å²) in [5.74, 6) is 0.235. The molecule has 2 atom stereocenters. The zero-order valence-electron chi connectivity index (χ0n) is 12.8. The van der Waals surface area contributed by atoms with E-state index >= 15 is 0 Å². The maximum absolute atomic E-state index is 12.2. The molecule has 2 amide bonds. The Bertz CT molecular complexity index is 530. The van der Waals surface area contributed by atoms with Gasteiger partial charge < -0.3 is 21.1 Å². The summed E-state index contributed by atoms with van der Waals surface area (Å²) in [5, 5.41) is 0. The van der Waals surface area contributed by atoms with Crippen LogP contribution in [-0.2, 0) is 4.79 Å². The van der Waals surface area contributed by atoms with Crippen molar-refractivity contribution >= 4 is 11.8 Å². The number of ether oxygens (including phenoxy) is 1. The van der Waals surface area contributed by atoms with Crippen LogP contribution in [0.5, 0.6) is 5.75 Å². The highest BCUT2D eigenvalue weighted by Gasteiger charge is 2.26. The van der Waals surface area contributed by atoms with Gasteiger partial charge in [0.1, 0.15) is 5.75 Å². The largest absolute Gasteiger partial charge is 0.493 e. The van der Waals surface area contributed by atoms with Crippen molar-refractivity contribution < 1.29 is 14.3 Å². The molecule has 1 aromatic carbocycles. The Morgan fingerprint density at radius 1 is 1.32 bits per heavy atom. The van der Waals surface area contributed by atoms with Crippen LogP contribution in [-0.4, -0.2) is 41.9 Å². The quantitative estimate of drug-likeness (QED) is 0.844. The van der Waals surface area contributed by atoms with E-state index in [4.69, 9.17) is 16.2 Å². The maximum atomic E-state index is 12.2. The first-order chi connectivity index (χ1) is 10.5. The van der Waals surface area contributed by atoms with Crippen LogP contribution in [0.4, 0.5) is 0 Å². The topological polar surface area (TPSA) is 98.7 Å². The third kappa shape index (κ3) is 4.21. The second kappa shape index (κ2) is 7.26. The van der Waals surface area contributed by atoms with E-state index in [9.17, 15) is 9.59 Å². The number of carbonyl (C=O) groups excluding carboxylic acids is 2. The normalized spacial score (nSPS) is 21.5. The van der Waals surface area contributed by atoms with E-state index < -0.39 is 5.91 Å². The Morgan fingerprint density at radius 2 is 2.00 bits per heavy atom. The lowest BCUT2D eigenvalue weighted by Crippen LogP contribution is -2.48.